The van der Waals surface area contributed by atoms with Gasteiger partial charge in [-0.25, -0.2) is 0 Å². The van der Waals surface area contributed by atoms with Crippen molar-refractivity contribution in [2.24, 2.45) is 5.41 Å². The highest BCUT2D eigenvalue weighted by Crippen LogP contribution is 2.21. The monoisotopic (exact) mass is 562 g/mol. The van der Waals surface area contributed by atoms with E-state index in [1.807, 2.05) is 0 Å². The van der Waals surface area contributed by atoms with Crippen molar-refractivity contribution in [3.63, 3.8) is 0 Å². The van der Waals surface area contributed by atoms with Gasteiger partial charge in [-0.15, -0.1) is 0 Å². The van der Waals surface area contributed by atoms with E-state index >= 15 is 0 Å². The minimum Gasteiger partial charge on any atom is -0.391 e. The molecule has 12 nitrogen and oxygen atoms in total. The smallest absolute Gasteiger partial charge is 0.253 e. The van der Waals surface area contributed by atoms with Crippen molar-refractivity contribution in [1.29, 1.82) is 0 Å². The molecule has 2 heterocycles. The van der Waals surface area contributed by atoms with Crippen LogP contribution < -0.4 is 0 Å². The zero-order chi connectivity index (χ0) is 25.8. The first kappa shape index (κ1) is 41.0. The molecule has 0 aliphatic carbocycles. The predicted octanol–water partition coefficient (Wildman–Crippen LogP) is 1.20. The maximum Gasteiger partial charge on any atom is 0.253 e. The lowest BCUT2D eigenvalue weighted by atomic mass is 9.92. The summed E-state index contributed by atoms with van der Waals surface area (Å²) in [5.74, 6) is -1.81. The molecule has 228 valence electrons. The molecule has 0 fully saturated rings. The standard InChI is InChI=1S/C23H34N2O10.4CH4/c1-32-13-23(14-33-2,15-34-9-7-17(26)11-24-19(28)3-4-20(24)29)16-35-10-8-18(27)12-25-21(30)5-6-22(25)31;;;;/h3-6,17-18,26-27H,7-16H2,1-2H3;4*1H4. The van der Waals surface area contributed by atoms with Crippen LogP contribution in [0, 0.1) is 5.41 Å². The van der Waals surface area contributed by atoms with Crippen molar-refractivity contribution >= 4 is 23.6 Å². The number of hydrogen-bond donors (Lipinski definition) is 2. The Balaban J connectivity index is -0.00000324. The summed E-state index contributed by atoms with van der Waals surface area (Å²) in [6.45, 7) is 1.03. The fourth-order valence-electron chi connectivity index (χ4n) is 3.70. The fourth-order valence-corrected chi connectivity index (χ4v) is 3.70. The van der Waals surface area contributed by atoms with Gasteiger partial charge in [0.05, 0.1) is 57.1 Å². The van der Waals surface area contributed by atoms with Gasteiger partial charge in [-0.1, -0.05) is 29.7 Å². The number of nitrogens with zero attached hydrogens (tertiary/aromatic N) is 2. The summed E-state index contributed by atoms with van der Waals surface area (Å²) >= 11 is 0. The van der Waals surface area contributed by atoms with Crippen LogP contribution in [-0.4, -0.2) is 123 Å². The van der Waals surface area contributed by atoms with E-state index < -0.39 is 41.3 Å². The third-order valence-electron chi connectivity index (χ3n) is 5.50. The number of aliphatic hydroxyl groups is 2. The van der Waals surface area contributed by atoms with Gasteiger partial charge in [-0.2, -0.15) is 0 Å². The Morgan fingerprint density at radius 3 is 1.23 bits per heavy atom. The molecule has 2 atom stereocenters. The molecule has 2 rings (SSSR count). The molecular weight excluding hydrogens is 512 g/mol. The molecule has 0 saturated carbocycles. The van der Waals surface area contributed by atoms with E-state index in [1.165, 1.54) is 14.2 Å². The van der Waals surface area contributed by atoms with Crippen LogP contribution in [0.25, 0.3) is 0 Å². The van der Waals surface area contributed by atoms with Crippen LogP contribution in [0.2, 0.25) is 0 Å². The fraction of sp³-hybridized carbons (Fsp3) is 0.704. The van der Waals surface area contributed by atoms with Crippen LogP contribution in [-0.2, 0) is 38.1 Å². The molecule has 0 aromatic carbocycles. The minimum absolute atomic E-state index is 0. The van der Waals surface area contributed by atoms with Crippen molar-refractivity contribution in [1.82, 2.24) is 9.80 Å². The average molecular weight is 563 g/mol. The first-order chi connectivity index (χ1) is 16.7. The van der Waals surface area contributed by atoms with Gasteiger partial charge in [0.2, 0.25) is 0 Å². The SMILES string of the molecule is C.C.C.C.COCC(COC)(COCCC(O)CN1C(=O)C=CC1=O)COCCC(O)CN1C(=O)C=CC1=O. The van der Waals surface area contributed by atoms with Gasteiger partial charge >= 0.3 is 0 Å². The van der Waals surface area contributed by atoms with E-state index in [0.29, 0.717) is 0 Å². The van der Waals surface area contributed by atoms with Gasteiger partial charge < -0.3 is 29.2 Å². The number of methoxy groups -OCH3 is 2. The predicted molar refractivity (Wildman–Crippen MR) is 148 cm³/mol. The summed E-state index contributed by atoms with van der Waals surface area (Å²) < 4.78 is 22.1. The van der Waals surface area contributed by atoms with Gasteiger partial charge in [0, 0.05) is 51.7 Å². The number of imide groups is 2. The molecule has 4 amide bonds. The largest absolute Gasteiger partial charge is 0.391 e. The topological polar surface area (TPSA) is 152 Å². The van der Waals surface area contributed by atoms with E-state index in [9.17, 15) is 29.4 Å². The maximum atomic E-state index is 11.6. The number of ether oxygens (including phenoxy) is 4. The number of carbonyl (C=O) groups is 4. The quantitative estimate of drug-likeness (QED) is 0.184. The number of rotatable bonds is 18. The van der Waals surface area contributed by atoms with Crippen molar-refractivity contribution in [3.05, 3.63) is 24.3 Å². The summed E-state index contributed by atoms with van der Waals surface area (Å²) in [4.78, 5) is 48.3. The number of amides is 4. The number of carbonyl (C=O) groups excluding carboxylic acids is 4. The lowest BCUT2D eigenvalue weighted by Gasteiger charge is -2.32. The van der Waals surface area contributed by atoms with Crippen molar-refractivity contribution < 1.29 is 48.3 Å². The molecule has 0 saturated heterocycles. The molecule has 2 aliphatic heterocycles. The Morgan fingerprint density at radius 2 is 0.949 bits per heavy atom. The second kappa shape index (κ2) is 20.4. The van der Waals surface area contributed by atoms with Crippen LogP contribution in [0.4, 0.5) is 0 Å². The number of β-amino-alcohol motifs (C(OH)–C–C–N with tert-alkyl or cyclic N) is 2. The summed E-state index contributed by atoms with van der Waals surface area (Å²) in [6.07, 6.45) is 3.22. The van der Waals surface area contributed by atoms with Crippen LogP contribution in [0.3, 0.4) is 0 Å². The molecule has 2 unspecified atom stereocenters. The molecule has 0 radical (unpaired) electrons. The van der Waals surface area contributed by atoms with Crippen LogP contribution in [0.1, 0.15) is 42.5 Å². The first-order valence-electron chi connectivity index (χ1n) is 11.3. The average Bonchev–Trinajstić information content (AvgIpc) is 3.30. The van der Waals surface area contributed by atoms with Gasteiger partial charge in [0.15, 0.2) is 0 Å². The lowest BCUT2D eigenvalue weighted by Crippen LogP contribution is -2.42. The Hall–Kier alpha value is -2.48. The third kappa shape index (κ3) is 12.9. The van der Waals surface area contributed by atoms with Crippen LogP contribution in [0.5, 0.6) is 0 Å². The van der Waals surface area contributed by atoms with E-state index in [1.54, 1.807) is 0 Å². The molecular formula is C27H50N2O10. The highest BCUT2D eigenvalue weighted by Gasteiger charge is 2.32. The van der Waals surface area contributed by atoms with Crippen LogP contribution >= 0.6 is 0 Å². The molecule has 0 spiro atoms. The number of hydrogen-bond acceptors (Lipinski definition) is 10. The van der Waals surface area contributed by atoms with E-state index in [2.05, 4.69) is 0 Å². The van der Waals surface area contributed by atoms with Crippen molar-refractivity contribution in [2.75, 3.05) is 67.0 Å². The summed E-state index contributed by atoms with van der Waals surface area (Å²) in [7, 11) is 3.07. The normalized spacial score (nSPS) is 16.0. The van der Waals surface area contributed by atoms with Crippen molar-refractivity contribution in [3.8, 4) is 0 Å². The van der Waals surface area contributed by atoms with Gasteiger partial charge in [-0.05, 0) is 12.8 Å². The summed E-state index contributed by atoms with van der Waals surface area (Å²) in [5.41, 5.74) is -0.658. The van der Waals surface area contributed by atoms with E-state index in [4.69, 9.17) is 18.9 Å². The van der Waals surface area contributed by atoms with Gasteiger partial charge in [-0.3, -0.25) is 29.0 Å². The molecule has 2 N–H and O–H groups in total. The zero-order valence-corrected chi connectivity index (χ0v) is 20.1. The molecule has 2 aliphatic rings. The summed E-state index contributed by atoms with van der Waals surface area (Å²) in [6, 6.07) is 0. The van der Waals surface area contributed by atoms with E-state index in [0.717, 1.165) is 34.1 Å². The first-order valence-corrected chi connectivity index (χ1v) is 11.3. The molecule has 39 heavy (non-hydrogen) atoms. The zero-order valence-electron chi connectivity index (χ0n) is 20.1. The minimum atomic E-state index is -0.927. The molecule has 0 bridgehead atoms. The molecule has 0 aromatic heterocycles. The summed E-state index contributed by atoms with van der Waals surface area (Å²) in [5, 5.41) is 20.3. The second-order valence-electron chi connectivity index (χ2n) is 8.60. The van der Waals surface area contributed by atoms with Crippen LogP contribution in [0.15, 0.2) is 24.3 Å². The maximum absolute atomic E-state index is 11.6. The highest BCUT2D eigenvalue weighted by molar-refractivity contribution is 6.13. The third-order valence-corrected chi connectivity index (χ3v) is 5.50. The Labute approximate surface area is 233 Å². The number of aliphatic hydroxyl groups excluding tert-OH is 2. The van der Waals surface area contributed by atoms with Crippen molar-refractivity contribution in [2.45, 2.75) is 54.8 Å². The second-order valence-corrected chi connectivity index (χ2v) is 8.60. The Kier molecular flexibility index (Phi) is 21.5. The van der Waals surface area contributed by atoms with Gasteiger partial charge in [0.25, 0.3) is 23.6 Å². The van der Waals surface area contributed by atoms with E-state index in [-0.39, 0.29) is 95.3 Å². The lowest BCUT2D eigenvalue weighted by molar-refractivity contribution is -0.140. The van der Waals surface area contributed by atoms with Gasteiger partial charge in [0.1, 0.15) is 0 Å². The highest BCUT2D eigenvalue weighted by atomic mass is 16.5. The Bertz CT molecular complexity index is 712. The molecule has 0 aromatic rings. The molecule has 12 heteroatoms. The Morgan fingerprint density at radius 1 is 0.641 bits per heavy atom.